The molecule has 1 aromatic heterocycles. The van der Waals surface area contributed by atoms with Crippen LogP contribution in [0.2, 0.25) is 5.02 Å². The molecule has 0 aliphatic rings. The van der Waals surface area contributed by atoms with Gasteiger partial charge in [-0.2, -0.15) is 5.10 Å². The Morgan fingerprint density at radius 3 is 2.72 bits per heavy atom. The van der Waals surface area contributed by atoms with Crippen LogP contribution >= 0.6 is 11.6 Å². The van der Waals surface area contributed by atoms with Crippen LogP contribution in [0.4, 0.5) is 5.69 Å². The van der Waals surface area contributed by atoms with Crippen molar-refractivity contribution in [1.82, 2.24) is 9.78 Å². The lowest BCUT2D eigenvalue weighted by Crippen LogP contribution is -2.14. The van der Waals surface area contributed by atoms with Crippen molar-refractivity contribution < 1.29 is 9.53 Å². The maximum Gasteiger partial charge on any atom is 0.276 e. The number of carbonyl (C=O) groups excluding carboxylic acids is 1. The molecule has 3 rings (SSSR count). The van der Waals surface area contributed by atoms with E-state index in [4.69, 9.17) is 16.3 Å². The maximum atomic E-state index is 12.3. The second-order valence-electron chi connectivity index (χ2n) is 5.70. The van der Waals surface area contributed by atoms with Crippen LogP contribution in [0.5, 0.6) is 5.75 Å². The molecular formula is C19H18ClN3O2. The van der Waals surface area contributed by atoms with Crippen molar-refractivity contribution in [2.45, 2.75) is 20.6 Å². The van der Waals surface area contributed by atoms with Gasteiger partial charge in [-0.25, -0.2) is 4.68 Å². The van der Waals surface area contributed by atoms with Crippen LogP contribution in [0.1, 0.15) is 21.6 Å². The number of benzene rings is 2. The smallest absolute Gasteiger partial charge is 0.276 e. The van der Waals surface area contributed by atoms with Crippen molar-refractivity contribution in [1.29, 1.82) is 0 Å². The summed E-state index contributed by atoms with van der Waals surface area (Å²) >= 11 is 6.04. The summed E-state index contributed by atoms with van der Waals surface area (Å²) in [5.41, 5.74) is 3.37. The highest BCUT2D eigenvalue weighted by atomic mass is 35.5. The average molecular weight is 356 g/mol. The largest absolute Gasteiger partial charge is 0.470 e. The lowest BCUT2D eigenvalue weighted by molar-refractivity contribution is 0.102. The summed E-state index contributed by atoms with van der Waals surface area (Å²) in [6.45, 7) is 4.20. The molecule has 0 atom stereocenters. The van der Waals surface area contributed by atoms with Crippen LogP contribution < -0.4 is 10.1 Å². The van der Waals surface area contributed by atoms with E-state index in [0.29, 0.717) is 16.5 Å². The van der Waals surface area contributed by atoms with Gasteiger partial charge in [-0.05, 0) is 55.3 Å². The van der Waals surface area contributed by atoms with Crippen LogP contribution in [0, 0.1) is 13.8 Å². The molecule has 0 fully saturated rings. The molecule has 0 saturated carbocycles. The van der Waals surface area contributed by atoms with Crippen LogP contribution in [0.3, 0.4) is 0 Å². The summed E-state index contributed by atoms with van der Waals surface area (Å²) in [6, 6.07) is 14.6. The van der Waals surface area contributed by atoms with Crippen molar-refractivity contribution in [3.63, 3.8) is 0 Å². The zero-order chi connectivity index (χ0) is 17.8. The van der Waals surface area contributed by atoms with E-state index in [1.165, 1.54) is 5.56 Å². The molecule has 0 bridgehead atoms. The fourth-order valence-electron chi connectivity index (χ4n) is 2.27. The van der Waals surface area contributed by atoms with E-state index < -0.39 is 0 Å². The molecule has 0 unspecified atom stereocenters. The predicted molar refractivity (Wildman–Crippen MR) is 98.2 cm³/mol. The molecule has 25 heavy (non-hydrogen) atoms. The highest BCUT2D eigenvalue weighted by Crippen LogP contribution is 2.23. The number of halogens is 1. The third-order valence-electron chi connectivity index (χ3n) is 3.83. The third kappa shape index (κ3) is 4.19. The van der Waals surface area contributed by atoms with Crippen molar-refractivity contribution >= 4 is 23.2 Å². The summed E-state index contributed by atoms with van der Waals surface area (Å²) in [5, 5.41) is 7.60. The number of hydrogen-bond donors (Lipinski definition) is 1. The number of aromatic nitrogens is 2. The number of ether oxygens (including phenoxy) is 1. The van der Waals surface area contributed by atoms with Gasteiger partial charge in [-0.15, -0.1) is 0 Å². The molecule has 0 aliphatic heterocycles. The Balaban J connectivity index is 1.63. The zero-order valence-corrected chi connectivity index (χ0v) is 14.7. The molecule has 3 aromatic rings. The number of anilines is 1. The maximum absolute atomic E-state index is 12.3. The molecule has 1 amide bonds. The van der Waals surface area contributed by atoms with Crippen LogP contribution in [0.15, 0.2) is 54.7 Å². The van der Waals surface area contributed by atoms with Gasteiger partial charge in [0, 0.05) is 11.9 Å². The number of para-hydroxylation sites is 1. The summed E-state index contributed by atoms with van der Waals surface area (Å²) in [4.78, 5) is 12.3. The minimum Gasteiger partial charge on any atom is -0.470 e. The number of hydrogen-bond acceptors (Lipinski definition) is 3. The lowest BCUT2D eigenvalue weighted by Gasteiger charge is -2.08. The minimum absolute atomic E-state index is 0.167. The van der Waals surface area contributed by atoms with Crippen molar-refractivity contribution in [3.05, 3.63) is 76.6 Å². The summed E-state index contributed by atoms with van der Waals surface area (Å²) in [5.74, 6) is 0.306. The highest BCUT2D eigenvalue weighted by Gasteiger charge is 2.11. The fraction of sp³-hybridized carbons (Fsp3) is 0.158. The highest BCUT2D eigenvalue weighted by molar-refractivity contribution is 6.32. The number of rotatable bonds is 5. The zero-order valence-electron chi connectivity index (χ0n) is 14.0. The average Bonchev–Trinajstić information content (AvgIpc) is 3.07. The molecule has 1 heterocycles. The number of amides is 1. The van der Waals surface area contributed by atoms with E-state index in [1.54, 1.807) is 29.1 Å². The molecule has 0 radical (unpaired) electrons. The van der Waals surface area contributed by atoms with E-state index in [1.807, 2.05) is 44.2 Å². The molecule has 2 aromatic carbocycles. The molecule has 0 saturated heterocycles. The predicted octanol–water partition coefficient (Wildman–Crippen LogP) is 4.44. The number of nitrogens with zero attached hydrogens (tertiary/aromatic N) is 2. The monoisotopic (exact) mass is 355 g/mol. The first-order chi connectivity index (χ1) is 12.0. The van der Waals surface area contributed by atoms with Crippen LogP contribution in [-0.2, 0) is 6.73 Å². The van der Waals surface area contributed by atoms with Gasteiger partial charge in [0.15, 0.2) is 12.4 Å². The topological polar surface area (TPSA) is 56.2 Å². The summed E-state index contributed by atoms with van der Waals surface area (Å²) in [6.07, 6.45) is 1.69. The first-order valence-electron chi connectivity index (χ1n) is 7.82. The van der Waals surface area contributed by atoms with Gasteiger partial charge in [0.05, 0.1) is 5.02 Å². The Labute approximate surface area is 151 Å². The van der Waals surface area contributed by atoms with E-state index in [2.05, 4.69) is 10.4 Å². The Bertz CT molecular complexity index is 905. The van der Waals surface area contributed by atoms with Gasteiger partial charge < -0.3 is 10.1 Å². The molecule has 5 nitrogen and oxygen atoms in total. The number of nitrogens with one attached hydrogen (secondary N) is 1. The van der Waals surface area contributed by atoms with Crippen molar-refractivity contribution in [2.75, 3.05) is 5.32 Å². The minimum atomic E-state index is -0.264. The van der Waals surface area contributed by atoms with E-state index in [-0.39, 0.29) is 12.6 Å². The van der Waals surface area contributed by atoms with Gasteiger partial charge in [0.25, 0.3) is 5.91 Å². The van der Waals surface area contributed by atoms with Gasteiger partial charge in [-0.3, -0.25) is 4.79 Å². The van der Waals surface area contributed by atoms with Gasteiger partial charge in [0.1, 0.15) is 5.75 Å². The molecule has 0 aliphatic carbocycles. The van der Waals surface area contributed by atoms with Gasteiger partial charge in [0.2, 0.25) is 0 Å². The van der Waals surface area contributed by atoms with Gasteiger partial charge >= 0.3 is 0 Å². The second-order valence-corrected chi connectivity index (χ2v) is 6.10. The van der Waals surface area contributed by atoms with E-state index in [9.17, 15) is 4.79 Å². The number of carbonyl (C=O) groups is 1. The normalized spacial score (nSPS) is 10.5. The Hall–Kier alpha value is -2.79. The summed E-state index contributed by atoms with van der Waals surface area (Å²) < 4.78 is 7.14. The number of aryl methyl sites for hydroxylation is 2. The third-order valence-corrected chi connectivity index (χ3v) is 4.14. The molecule has 6 heteroatoms. The Morgan fingerprint density at radius 1 is 1.16 bits per heavy atom. The summed E-state index contributed by atoms with van der Waals surface area (Å²) in [7, 11) is 0. The van der Waals surface area contributed by atoms with E-state index >= 15 is 0 Å². The van der Waals surface area contributed by atoms with Crippen molar-refractivity contribution in [3.8, 4) is 5.75 Å². The van der Waals surface area contributed by atoms with Crippen LogP contribution in [-0.4, -0.2) is 15.7 Å². The first-order valence-corrected chi connectivity index (χ1v) is 8.20. The van der Waals surface area contributed by atoms with Gasteiger partial charge in [-0.1, -0.05) is 29.8 Å². The standard InChI is InChI=1S/C19H18ClN3O2/c1-13-7-8-15(11-14(13)2)21-19(24)17-9-10-23(22-17)12-25-18-6-4-3-5-16(18)20/h3-11H,12H2,1-2H3,(H,21,24). The van der Waals surface area contributed by atoms with E-state index in [0.717, 1.165) is 11.3 Å². The Kier molecular flexibility index (Phi) is 5.05. The second kappa shape index (κ2) is 7.40. The SMILES string of the molecule is Cc1ccc(NC(=O)c2ccn(COc3ccccc3Cl)n2)cc1C. The fourth-order valence-corrected chi connectivity index (χ4v) is 2.46. The van der Waals surface area contributed by atoms with Crippen LogP contribution in [0.25, 0.3) is 0 Å². The molecule has 1 N–H and O–H groups in total. The Morgan fingerprint density at radius 2 is 1.96 bits per heavy atom. The quantitative estimate of drug-likeness (QED) is 0.736. The molecule has 0 spiro atoms. The lowest BCUT2D eigenvalue weighted by atomic mass is 10.1. The molecular weight excluding hydrogens is 338 g/mol. The first kappa shape index (κ1) is 17.0. The van der Waals surface area contributed by atoms with Crippen molar-refractivity contribution in [2.24, 2.45) is 0 Å². The molecule has 128 valence electrons.